The molecule has 1 unspecified atom stereocenters. The molecule has 0 aromatic heterocycles. The Morgan fingerprint density at radius 1 is 1.26 bits per heavy atom. The second-order valence-electron chi connectivity index (χ2n) is 5.35. The zero-order valence-electron chi connectivity index (χ0n) is 12.6. The van der Waals surface area contributed by atoms with E-state index in [1.54, 1.807) is 0 Å². The van der Waals surface area contributed by atoms with Crippen LogP contribution in [-0.4, -0.2) is 53.1 Å². The highest BCUT2D eigenvalue weighted by Gasteiger charge is 2.31. The van der Waals surface area contributed by atoms with E-state index in [0.29, 0.717) is 31.2 Å². The molecule has 0 bridgehead atoms. The number of piperazine rings is 1. The third kappa shape index (κ3) is 5.29. The molecule has 1 aromatic rings. The molecule has 0 radical (unpaired) electrons. The number of hydrogen-bond acceptors (Lipinski definition) is 3. The van der Waals surface area contributed by atoms with E-state index >= 15 is 0 Å². The van der Waals surface area contributed by atoms with Gasteiger partial charge in [0, 0.05) is 37.2 Å². The van der Waals surface area contributed by atoms with Crippen molar-refractivity contribution < 1.29 is 18.0 Å². The highest BCUT2D eigenvalue weighted by atomic mass is 35.5. The van der Waals surface area contributed by atoms with E-state index in [1.165, 1.54) is 4.90 Å². The van der Waals surface area contributed by atoms with Crippen molar-refractivity contribution >= 4 is 29.3 Å². The van der Waals surface area contributed by atoms with Crippen LogP contribution >= 0.6 is 23.4 Å². The van der Waals surface area contributed by atoms with Crippen molar-refractivity contribution in [3.05, 3.63) is 34.9 Å². The molecule has 128 valence electrons. The van der Waals surface area contributed by atoms with Crippen molar-refractivity contribution in [3.63, 3.8) is 0 Å². The van der Waals surface area contributed by atoms with Gasteiger partial charge in [0.15, 0.2) is 0 Å². The second-order valence-corrected chi connectivity index (χ2v) is 6.80. The van der Waals surface area contributed by atoms with E-state index in [0.717, 1.165) is 5.56 Å². The fourth-order valence-corrected chi connectivity index (χ4v) is 3.37. The summed E-state index contributed by atoms with van der Waals surface area (Å²) in [4.78, 5) is 15.5. The summed E-state index contributed by atoms with van der Waals surface area (Å²) in [6, 6.07) is 7.69. The number of alkyl halides is 3. The van der Waals surface area contributed by atoms with Crippen LogP contribution in [0.2, 0.25) is 5.02 Å². The maximum atomic E-state index is 12.1. The Balaban J connectivity index is 1.86. The molecule has 1 aromatic carbocycles. The molecule has 1 aliphatic heterocycles. The lowest BCUT2D eigenvalue weighted by Crippen LogP contribution is -2.49. The van der Waals surface area contributed by atoms with E-state index in [2.05, 4.69) is 4.90 Å². The first-order valence-electron chi connectivity index (χ1n) is 7.25. The van der Waals surface area contributed by atoms with Crippen molar-refractivity contribution in [2.75, 3.05) is 31.9 Å². The molecule has 0 N–H and O–H groups in total. The van der Waals surface area contributed by atoms with Crippen LogP contribution in [0.5, 0.6) is 0 Å². The smallest absolute Gasteiger partial charge is 0.339 e. The van der Waals surface area contributed by atoms with Gasteiger partial charge < -0.3 is 4.90 Å². The highest BCUT2D eigenvalue weighted by molar-refractivity contribution is 8.00. The first-order valence-corrected chi connectivity index (χ1v) is 8.61. The van der Waals surface area contributed by atoms with Crippen LogP contribution < -0.4 is 0 Å². The van der Waals surface area contributed by atoms with E-state index in [9.17, 15) is 18.0 Å². The molecular weight excluding hydrogens is 349 g/mol. The average molecular weight is 367 g/mol. The Hall–Kier alpha value is -0.920. The lowest BCUT2D eigenvalue weighted by molar-refractivity contribution is -0.130. The Labute approximate surface area is 142 Å². The standard InChI is InChI=1S/C15H18ClF3N2OS/c1-11(12-4-2-3-5-13(12)16)20-6-8-21(9-7-20)14(22)10-23-15(17,18)19/h2-5,11H,6-10H2,1H3. The largest absolute Gasteiger partial charge is 0.442 e. The van der Waals surface area contributed by atoms with Crippen molar-refractivity contribution in [3.8, 4) is 0 Å². The summed E-state index contributed by atoms with van der Waals surface area (Å²) in [7, 11) is 0. The summed E-state index contributed by atoms with van der Waals surface area (Å²) in [6.07, 6.45) is 0. The van der Waals surface area contributed by atoms with Gasteiger partial charge in [0.2, 0.25) is 5.91 Å². The number of amides is 1. The summed E-state index contributed by atoms with van der Waals surface area (Å²) in [5.74, 6) is -1.01. The van der Waals surface area contributed by atoms with E-state index in [-0.39, 0.29) is 17.8 Å². The van der Waals surface area contributed by atoms with Gasteiger partial charge in [-0.15, -0.1) is 0 Å². The van der Waals surface area contributed by atoms with Gasteiger partial charge in [-0.1, -0.05) is 29.8 Å². The van der Waals surface area contributed by atoms with Gasteiger partial charge in [-0.05, 0) is 30.3 Å². The number of halogens is 4. The lowest BCUT2D eigenvalue weighted by atomic mass is 10.1. The molecule has 1 heterocycles. The van der Waals surface area contributed by atoms with Gasteiger partial charge in [-0.25, -0.2) is 0 Å². The Morgan fingerprint density at radius 3 is 2.43 bits per heavy atom. The van der Waals surface area contributed by atoms with Crippen LogP contribution in [-0.2, 0) is 4.79 Å². The topological polar surface area (TPSA) is 23.6 Å². The quantitative estimate of drug-likeness (QED) is 0.809. The van der Waals surface area contributed by atoms with Crippen molar-refractivity contribution in [1.29, 1.82) is 0 Å². The number of carbonyl (C=O) groups excluding carboxylic acids is 1. The molecule has 0 spiro atoms. The molecule has 1 atom stereocenters. The summed E-state index contributed by atoms with van der Waals surface area (Å²) in [5.41, 5.74) is -3.35. The molecule has 0 aliphatic carbocycles. The maximum absolute atomic E-state index is 12.1. The maximum Gasteiger partial charge on any atom is 0.442 e. The molecule has 0 saturated carbocycles. The van der Waals surface area contributed by atoms with Crippen molar-refractivity contribution in [2.45, 2.75) is 18.5 Å². The SMILES string of the molecule is CC(c1ccccc1Cl)N1CCN(C(=O)CSC(F)(F)F)CC1. The third-order valence-electron chi connectivity index (χ3n) is 3.93. The monoisotopic (exact) mass is 366 g/mol. The minimum atomic E-state index is -4.37. The zero-order chi connectivity index (χ0) is 17.0. The molecule has 1 aliphatic rings. The normalized spacial score (nSPS) is 18.0. The first kappa shape index (κ1) is 18.4. The van der Waals surface area contributed by atoms with Gasteiger partial charge in [0.25, 0.3) is 0 Å². The number of nitrogens with zero attached hydrogens (tertiary/aromatic N) is 2. The summed E-state index contributed by atoms with van der Waals surface area (Å²) >= 11 is 5.92. The van der Waals surface area contributed by atoms with E-state index in [4.69, 9.17) is 11.6 Å². The molecule has 1 amide bonds. The highest BCUT2D eigenvalue weighted by Crippen LogP contribution is 2.31. The molecule has 8 heteroatoms. The average Bonchev–Trinajstić information content (AvgIpc) is 2.52. The predicted molar refractivity (Wildman–Crippen MR) is 86.5 cm³/mol. The fraction of sp³-hybridized carbons (Fsp3) is 0.533. The minimum Gasteiger partial charge on any atom is -0.339 e. The number of thioether (sulfide) groups is 1. The summed E-state index contributed by atoms with van der Waals surface area (Å²) < 4.78 is 36.4. The van der Waals surface area contributed by atoms with E-state index < -0.39 is 17.2 Å². The zero-order valence-corrected chi connectivity index (χ0v) is 14.2. The Morgan fingerprint density at radius 2 is 1.87 bits per heavy atom. The lowest BCUT2D eigenvalue weighted by Gasteiger charge is -2.38. The number of hydrogen-bond donors (Lipinski definition) is 0. The van der Waals surface area contributed by atoms with Crippen LogP contribution in [0.15, 0.2) is 24.3 Å². The predicted octanol–water partition coefficient (Wildman–Crippen LogP) is 3.80. The van der Waals surface area contributed by atoms with Gasteiger partial charge in [-0.2, -0.15) is 13.2 Å². The molecular formula is C15H18ClF3N2OS. The molecule has 1 fully saturated rings. The molecule has 1 saturated heterocycles. The molecule has 3 nitrogen and oxygen atoms in total. The second kappa shape index (κ2) is 7.77. The van der Waals surface area contributed by atoms with Gasteiger partial charge in [0.1, 0.15) is 0 Å². The van der Waals surface area contributed by atoms with Crippen LogP contribution in [0.4, 0.5) is 13.2 Å². The van der Waals surface area contributed by atoms with Crippen molar-refractivity contribution in [2.24, 2.45) is 0 Å². The van der Waals surface area contributed by atoms with Crippen LogP contribution in [0, 0.1) is 0 Å². The van der Waals surface area contributed by atoms with Gasteiger partial charge >= 0.3 is 5.51 Å². The molecule has 2 rings (SSSR count). The molecule has 23 heavy (non-hydrogen) atoms. The number of carbonyl (C=O) groups is 1. The summed E-state index contributed by atoms with van der Waals surface area (Å²) in [5, 5.41) is 0.695. The Kier molecular flexibility index (Phi) is 6.22. The van der Waals surface area contributed by atoms with Crippen LogP contribution in [0.1, 0.15) is 18.5 Å². The van der Waals surface area contributed by atoms with Gasteiger partial charge in [-0.3, -0.25) is 9.69 Å². The number of benzene rings is 1. The third-order valence-corrected chi connectivity index (χ3v) is 4.99. The summed E-state index contributed by atoms with van der Waals surface area (Å²) in [6.45, 7) is 4.15. The van der Waals surface area contributed by atoms with Crippen LogP contribution in [0.25, 0.3) is 0 Å². The first-order chi connectivity index (χ1) is 10.8. The number of rotatable bonds is 4. The van der Waals surface area contributed by atoms with Crippen LogP contribution in [0.3, 0.4) is 0 Å². The minimum absolute atomic E-state index is 0.102. The van der Waals surface area contributed by atoms with Crippen molar-refractivity contribution in [1.82, 2.24) is 9.80 Å². The van der Waals surface area contributed by atoms with E-state index in [1.807, 2.05) is 31.2 Å². The Bertz CT molecular complexity index is 548. The van der Waals surface area contributed by atoms with Gasteiger partial charge in [0.05, 0.1) is 5.75 Å². The fourth-order valence-electron chi connectivity index (χ4n) is 2.60.